The normalized spacial score (nSPS) is 18.4. The fraction of sp³-hybridized carbons (Fsp3) is 0.632. The largest absolute Gasteiger partial charge is 0.452 e. The molecule has 2 N–H and O–H groups in total. The number of aromatic nitrogens is 1. The van der Waals surface area contributed by atoms with Crippen LogP contribution in [0, 0.1) is 0 Å². The lowest BCUT2D eigenvalue weighted by Gasteiger charge is -2.23. The number of hydrogen-bond acceptors (Lipinski definition) is 7. The number of amides is 4. The van der Waals surface area contributed by atoms with Crippen LogP contribution in [0.3, 0.4) is 0 Å². The Bertz CT molecular complexity index is 774. The summed E-state index contributed by atoms with van der Waals surface area (Å²) in [7, 11) is 0. The van der Waals surface area contributed by atoms with Crippen molar-refractivity contribution in [2.24, 2.45) is 0 Å². The number of anilines is 1. The topological polar surface area (TPSA) is 118 Å². The van der Waals surface area contributed by atoms with Crippen LogP contribution in [0.4, 0.5) is 9.93 Å². The quantitative estimate of drug-likeness (QED) is 0.676. The number of ether oxygens (including phenoxy) is 1. The molecule has 0 spiro atoms. The Morgan fingerprint density at radius 2 is 2.03 bits per heavy atom. The molecule has 2 aliphatic rings. The molecule has 4 amide bonds. The second kappa shape index (κ2) is 9.82. The fourth-order valence-electron chi connectivity index (χ4n) is 3.47. The first-order valence-corrected chi connectivity index (χ1v) is 10.9. The van der Waals surface area contributed by atoms with Crippen LogP contribution in [-0.4, -0.2) is 47.5 Å². The number of nitrogens with zero attached hydrogens (tertiary/aromatic N) is 2. The Morgan fingerprint density at radius 3 is 2.72 bits per heavy atom. The van der Waals surface area contributed by atoms with Crippen LogP contribution in [0.25, 0.3) is 0 Å². The molecule has 29 heavy (non-hydrogen) atoms. The molecular formula is C19H26N4O5S. The summed E-state index contributed by atoms with van der Waals surface area (Å²) < 4.78 is 5.12. The van der Waals surface area contributed by atoms with Crippen molar-refractivity contribution in [1.29, 1.82) is 0 Å². The van der Waals surface area contributed by atoms with Crippen LogP contribution in [0.15, 0.2) is 5.38 Å². The highest BCUT2D eigenvalue weighted by molar-refractivity contribution is 7.14. The summed E-state index contributed by atoms with van der Waals surface area (Å²) in [6.45, 7) is 2.05. The molecule has 1 saturated carbocycles. The van der Waals surface area contributed by atoms with E-state index in [9.17, 15) is 19.2 Å². The SMILES string of the molecule is CC(OC(=O)Cc1csc(N2CCCC2=O)n1)C(=O)NC(=O)NC1CCCCC1. The highest BCUT2D eigenvalue weighted by Gasteiger charge is 2.26. The van der Waals surface area contributed by atoms with Crippen molar-refractivity contribution < 1.29 is 23.9 Å². The van der Waals surface area contributed by atoms with Gasteiger partial charge in [-0.15, -0.1) is 11.3 Å². The maximum atomic E-state index is 12.1. The summed E-state index contributed by atoms with van der Waals surface area (Å²) in [5.74, 6) is -1.26. The number of carbonyl (C=O) groups is 4. The summed E-state index contributed by atoms with van der Waals surface area (Å²) in [4.78, 5) is 53.8. The van der Waals surface area contributed by atoms with Gasteiger partial charge in [0.1, 0.15) is 0 Å². The molecule has 2 fully saturated rings. The molecule has 1 saturated heterocycles. The van der Waals surface area contributed by atoms with Gasteiger partial charge in [0.15, 0.2) is 11.2 Å². The molecule has 10 heteroatoms. The smallest absolute Gasteiger partial charge is 0.321 e. The summed E-state index contributed by atoms with van der Waals surface area (Å²) in [6, 6.07) is -0.486. The summed E-state index contributed by atoms with van der Waals surface area (Å²) in [5, 5.41) is 7.27. The number of hydrogen-bond donors (Lipinski definition) is 2. The molecule has 1 unspecified atom stereocenters. The lowest BCUT2D eigenvalue weighted by molar-refractivity contribution is -0.153. The van der Waals surface area contributed by atoms with Crippen LogP contribution in [0.5, 0.6) is 0 Å². The third-order valence-corrected chi connectivity index (χ3v) is 5.94. The standard InChI is InChI=1S/C19H26N4O5S/c1-12(17(26)22-18(27)20-13-6-3-2-4-7-13)28-16(25)10-14-11-29-19(21-14)23-9-5-8-15(23)24/h11-13H,2-10H2,1H3,(H2,20,22,26,27). The second-order valence-corrected chi connectivity index (χ2v) is 8.21. The van der Waals surface area contributed by atoms with E-state index in [0.717, 1.165) is 32.1 Å². The molecule has 0 bridgehead atoms. The molecule has 3 rings (SSSR count). The average Bonchev–Trinajstić information content (AvgIpc) is 3.30. The van der Waals surface area contributed by atoms with E-state index < -0.39 is 24.0 Å². The van der Waals surface area contributed by atoms with E-state index in [0.29, 0.717) is 23.8 Å². The summed E-state index contributed by atoms with van der Waals surface area (Å²) in [5.41, 5.74) is 0.484. The maximum Gasteiger partial charge on any atom is 0.321 e. The number of thiazole rings is 1. The van der Waals surface area contributed by atoms with Gasteiger partial charge in [0.2, 0.25) is 5.91 Å². The molecule has 1 aromatic heterocycles. The van der Waals surface area contributed by atoms with Gasteiger partial charge in [-0.2, -0.15) is 0 Å². The molecule has 1 aliphatic heterocycles. The minimum Gasteiger partial charge on any atom is -0.452 e. The Hall–Kier alpha value is -2.49. The first-order chi connectivity index (χ1) is 13.9. The molecule has 0 radical (unpaired) electrons. The van der Waals surface area contributed by atoms with Crippen molar-refractivity contribution >= 4 is 40.3 Å². The van der Waals surface area contributed by atoms with Gasteiger partial charge in [-0.1, -0.05) is 19.3 Å². The van der Waals surface area contributed by atoms with E-state index in [1.807, 2.05) is 0 Å². The molecular weight excluding hydrogens is 396 g/mol. The van der Waals surface area contributed by atoms with Crippen LogP contribution in [0.1, 0.15) is 57.6 Å². The van der Waals surface area contributed by atoms with E-state index in [1.165, 1.54) is 24.7 Å². The number of urea groups is 1. The van der Waals surface area contributed by atoms with Crippen molar-refractivity contribution in [3.05, 3.63) is 11.1 Å². The van der Waals surface area contributed by atoms with E-state index in [4.69, 9.17) is 4.74 Å². The lowest BCUT2D eigenvalue weighted by Crippen LogP contribution is -2.48. The van der Waals surface area contributed by atoms with Gasteiger partial charge in [0.25, 0.3) is 5.91 Å². The molecule has 2 heterocycles. The number of nitrogens with one attached hydrogen (secondary N) is 2. The van der Waals surface area contributed by atoms with E-state index >= 15 is 0 Å². The van der Waals surface area contributed by atoms with Crippen LogP contribution >= 0.6 is 11.3 Å². The van der Waals surface area contributed by atoms with E-state index in [-0.39, 0.29) is 18.4 Å². The number of esters is 1. The van der Waals surface area contributed by atoms with Gasteiger partial charge in [-0.25, -0.2) is 9.78 Å². The van der Waals surface area contributed by atoms with Gasteiger partial charge >= 0.3 is 12.0 Å². The van der Waals surface area contributed by atoms with Crippen molar-refractivity contribution in [1.82, 2.24) is 15.6 Å². The van der Waals surface area contributed by atoms with Gasteiger partial charge in [0, 0.05) is 24.4 Å². The van der Waals surface area contributed by atoms with E-state index in [1.54, 1.807) is 10.3 Å². The Balaban J connectivity index is 1.42. The zero-order chi connectivity index (χ0) is 20.8. The highest BCUT2D eigenvalue weighted by atomic mass is 32.1. The lowest BCUT2D eigenvalue weighted by atomic mass is 9.96. The van der Waals surface area contributed by atoms with Gasteiger partial charge < -0.3 is 10.1 Å². The number of imide groups is 1. The Labute approximate surface area is 173 Å². The zero-order valence-corrected chi connectivity index (χ0v) is 17.3. The first-order valence-electron chi connectivity index (χ1n) is 9.98. The van der Waals surface area contributed by atoms with Gasteiger partial charge in [-0.05, 0) is 26.2 Å². The van der Waals surface area contributed by atoms with Crippen molar-refractivity contribution in [2.45, 2.75) is 70.4 Å². The van der Waals surface area contributed by atoms with Crippen LogP contribution in [0.2, 0.25) is 0 Å². The molecule has 1 aromatic rings. The minimum absolute atomic E-state index is 0.0327. The molecule has 9 nitrogen and oxygen atoms in total. The number of rotatable bonds is 6. The maximum absolute atomic E-state index is 12.1. The average molecular weight is 423 g/mol. The van der Waals surface area contributed by atoms with Crippen LogP contribution < -0.4 is 15.5 Å². The summed E-state index contributed by atoms with van der Waals surface area (Å²) >= 11 is 1.30. The van der Waals surface area contributed by atoms with Crippen molar-refractivity contribution in [2.75, 3.05) is 11.4 Å². The van der Waals surface area contributed by atoms with E-state index in [2.05, 4.69) is 15.6 Å². The molecule has 158 valence electrons. The molecule has 1 atom stereocenters. The summed E-state index contributed by atoms with van der Waals surface area (Å²) in [6.07, 6.45) is 5.22. The highest BCUT2D eigenvalue weighted by Crippen LogP contribution is 2.25. The monoisotopic (exact) mass is 422 g/mol. The number of carbonyl (C=O) groups excluding carboxylic acids is 4. The second-order valence-electron chi connectivity index (χ2n) is 7.38. The molecule has 1 aliphatic carbocycles. The third-order valence-electron chi connectivity index (χ3n) is 5.02. The fourth-order valence-corrected chi connectivity index (χ4v) is 4.34. The minimum atomic E-state index is -1.10. The van der Waals surface area contributed by atoms with Gasteiger partial charge in [-0.3, -0.25) is 24.6 Å². The van der Waals surface area contributed by atoms with Crippen molar-refractivity contribution in [3.63, 3.8) is 0 Å². The Kier molecular flexibility index (Phi) is 7.18. The Morgan fingerprint density at radius 1 is 1.28 bits per heavy atom. The predicted molar refractivity (Wildman–Crippen MR) is 107 cm³/mol. The van der Waals surface area contributed by atoms with Crippen LogP contribution in [-0.2, 0) is 25.5 Å². The first kappa shape index (κ1) is 21.2. The van der Waals surface area contributed by atoms with Crippen molar-refractivity contribution in [3.8, 4) is 0 Å². The molecule has 0 aromatic carbocycles. The zero-order valence-electron chi connectivity index (χ0n) is 16.4. The third kappa shape index (κ3) is 5.99. The predicted octanol–water partition coefficient (Wildman–Crippen LogP) is 1.90. The van der Waals surface area contributed by atoms with Gasteiger partial charge in [0.05, 0.1) is 12.1 Å².